The van der Waals surface area contributed by atoms with Gasteiger partial charge in [0.2, 0.25) is 5.91 Å². The Hall–Kier alpha value is -3.06. The van der Waals surface area contributed by atoms with Crippen molar-refractivity contribution in [2.24, 2.45) is 0 Å². The predicted octanol–water partition coefficient (Wildman–Crippen LogP) is 4.06. The Bertz CT molecular complexity index is 907. The molecule has 0 unspecified atom stereocenters. The van der Waals surface area contributed by atoms with E-state index in [0.717, 1.165) is 37.4 Å². The van der Waals surface area contributed by atoms with E-state index in [2.05, 4.69) is 10.2 Å². The molecule has 1 amide bonds. The summed E-state index contributed by atoms with van der Waals surface area (Å²) in [5, 5.41) is 14.0. The second-order valence-electron chi connectivity index (χ2n) is 6.77. The van der Waals surface area contributed by atoms with Crippen molar-refractivity contribution in [3.63, 3.8) is 0 Å². The van der Waals surface area contributed by atoms with Crippen LogP contribution in [-0.4, -0.2) is 37.1 Å². The number of hydrogen-bond donors (Lipinski definition) is 1. The lowest BCUT2D eigenvalue weighted by Gasteiger charge is -2.33. The maximum atomic E-state index is 12.2. The molecule has 152 valence electrons. The van der Waals surface area contributed by atoms with Crippen LogP contribution in [0.25, 0.3) is 6.08 Å². The largest absolute Gasteiger partial charge is 0.497 e. The number of ether oxygens (including phenoxy) is 1. The highest BCUT2D eigenvalue weighted by molar-refractivity contribution is 6.32. The second-order valence-corrected chi connectivity index (χ2v) is 7.18. The van der Waals surface area contributed by atoms with E-state index in [1.54, 1.807) is 19.3 Å². The number of piperidine rings is 1. The first-order valence-electron chi connectivity index (χ1n) is 9.28. The van der Waals surface area contributed by atoms with Gasteiger partial charge in [-0.15, -0.1) is 0 Å². The third-order valence-electron chi connectivity index (χ3n) is 4.87. The lowest BCUT2D eigenvalue weighted by molar-refractivity contribution is -0.384. The van der Waals surface area contributed by atoms with Gasteiger partial charge in [-0.25, -0.2) is 0 Å². The lowest BCUT2D eigenvalue weighted by atomic mass is 10.0. The number of amides is 1. The summed E-state index contributed by atoms with van der Waals surface area (Å²) in [6.07, 6.45) is 4.63. The van der Waals surface area contributed by atoms with E-state index in [9.17, 15) is 14.9 Å². The summed E-state index contributed by atoms with van der Waals surface area (Å²) >= 11 is 5.80. The zero-order chi connectivity index (χ0) is 20.8. The van der Waals surface area contributed by atoms with E-state index < -0.39 is 4.92 Å². The van der Waals surface area contributed by atoms with Crippen LogP contribution in [-0.2, 0) is 4.79 Å². The summed E-state index contributed by atoms with van der Waals surface area (Å²) in [6.45, 7) is 1.70. The zero-order valence-corrected chi connectivity index (χ0v) is 16.8. The highest BCUT2D eigenvalue weighted by Crippen LogP contribution is 2.26. The van der Waals surface area contributed by atoms with Crippen molar-refractivity contribution in [1.29, 1.82) is 0 Å². The summed E-state index contributed by atoms with van der Waals surface area (Å²) in [6, 6.07) is 12.5. The number of nitrogens with one attached hydrogen (secondary N) is 1. The fraction of sp³-hybridized carbons (Fsp3) is 0.286. The van der Waals surface area contributed by atoms with Gasteiger partial charge in [-0.1, -0.05) is 17.7 Å². The molecule has 1 fully saturated rings. The van der Waals surface area contributed by atoms with Crippen molar-refractivity contribution in [1.82, 2.24) is 5.32 Å². The molecule has 0 aliphatic carbocycles. The molecule has 3 rings (SSSR count). The van der Waals surface area contributed by atoms with Crippen LogP contribution in [0.1, 0.15) is 18.4 Å². The minimum absolute atomic E-state index is 0.0696. The third kappa shape index (κ3) is 5.48. The first kappa shape index (κ1) is 20.7. The minimum atomic E-state index is -0.545. The molecule has 2 aromatic rings. The van der Waals surface area contributed by atoms with Crippen molar-refractivity contribution >= 4 is 35.0 Å². The van der Waals surface area contributed by atoms with Crippen molar-refractivity contribution in [2.45, 2.75) is 18.9 Å². The molecule has 1 aliphatic rings. The summed E-state index contributed by atoms with van der Waals surface area (Å²) in [7, 11) is 1.64. The molecule has 0 saturated carbocycles. The van der Waals surface area contributed by atoms with Gasteiger partial charge in [0.15, 0.2) is 0 Å². The molecular formula is C21H22ClN3O4. The van der Waals surface area contributed by atoms with Gasteiger partial charge in [0.05, 0.1) is 12.0 Å². The number of anilines is 1. The molecule has 0 bridgehead atoms. The average molecular weight is 416 g/mol. The van der Waals surface area contributed by atoms with E-state index in [1.165, 1.54) is 18.2 Å². The molecule has 7 nitrogen and oxygen atoms in total. The van der Waals surface area contributed by atoms with Gasteiger partial charge in [0.25, 0.3) is 5.69 Å². The van der Waals surface area contributed by atoms with Gasteiger partial charge in [-0.2, -0.15) is 0 Å². The van der Waals surface area contributed by atoms with Crippen molar-refractivity contribution < 1.29 is 14.5 Å². The van der Waals surface area contributed by atoms with Crippen LogP contribution in [0.5, 0.6) is 5.75 Å². The van der Waals surface area contributed by atoms with Gasteiger partial charge in [0, 0.05) is 37.0 Å². The van der Waals surface area contributed by atoms with Gasteiger partial charge < -0.3 is 15.0 Å². The number of nitro benzene ring substituents is 1. The molecule has 2 aromatic carbocycles. The Morgan fingerprint density at radius 2 is 1.93 bits per heavy atom. The summed E-state index contributed by atoms with van der Waals surface area (Å²) in [5.41, 5.74) is 1.51. The number of rotatable bonds is 6. The zero-order valence-electron chi connectivity index (χ0n) is 16.0. The fourth-order valence-corrected chi connectivity index (χ4v) is 3.46. The van der Waals surface area contributed by atoms with Crippen LogP contribution in [0.3, 0.4) is 0 Å². The standard InChI is InChI=1S/C21H22ClN3O4/c1-29-18-6-4-17(5-7-18)24-12-10-16(11-13-24)23-21(26)9-3-15-2-8-19(22)20(14-15)25(27)28/h2-9,14,16H,10-13H2,1H3,(H,23,26)/b9-3+. The predicted molar refractivity (Wildman–Crippen MR) is 114 cm³/mol. The summed E-state index contributed by atoms with van der Waals surface area (Å²) in [5.74, 6) is 0.610. The first-order valence-corrected chi connectivity index (χ1v) is 9.65. The van der Waals surface area contributed by atoms with Gasteiger partial charge in [-0.3, -0.25) is 14.9 Å². The number of methoxy groups -OCH3 is 1. The Morgan fingerprint density at radius 1 is 1.24 bits per heavy atom. The number of carbonyl (C=O) groups is 1. The van der Waals surface area contributed by atoms with Crippen LogP contribution in [0.4, 0.5) is 11.4 Å². The first-order chi connectivity index (χ1) is 14.0. The maximum Gasteiger partial charge on any atom is 0.288 e. The van der Waals surface area contributed by atoms with Gasteiger partial charge in [-0.05, 0) is 54.8 Å². The van der Waals surface area contributed by atoms with Crippen LogP contribution in [0.15, 0.2) is 48.5 Å². The minimum Gasteiger partial charge on any atom is -0.497 e. The molecule has 0 spiro atoms. The van der Waals surface area contributed by atoms with E-state index in [4.69, 9.17) is 16.3 Å². The van der Waals surface area contributed by atoms with E-state index in [1.807, 2.05) is 24.3 Å². The van der Waals surface area contributed by atoms with E-state index in [0.29, 0.717) is 5.56 Å². The molecular weight excluding hydrogens is 394 g/mol. The quantitative estimate of drug-likeness (QED) is 0.437. The SMILES string of the molecule is COc1ccc(N2CCC(NC(=O)/C=C/c3ccc(Cl)c([N+](=O)[O-])c3)CC2)cc1. The normalized spacial score (nSPS) is 14.8. The fourth-order valence-electron chi connectivity index (χ4n) is 3.27. The number of halogens is 1. The Labute approximate surface area is 174 Å². The lowest BCUT2D eigenvalue weighted by Crippen LogP contribution is -2.44. The van der Waals surface area contributed by atoms with Crippen LogP contribution < -0.4 is 15.0 Å². The number of hydrogen-bond acceptors (Lipinski definition) is 5. The molecule has 1 saturated heterocycles. The topological polar surface area (TPSA) is 84.7 Å². The Balaban J connectivity index is 1.51. The monoisotopic (exact) mass is 415 g/mol. The third-order valence-corrected chi connectivity index (χ3v) is 5.19. The molecule has 0 atom stereocenters. The average Bonchev–Trinajstić information content (AvgIpc) is 2.73. The van der Waals surface area contributed by atoms with Crippen molar-refractivity contribution in [2.75, 3.05) is 25.1 Å². The number of benzene rings is 2. The molecule has 0 aromatic heterocycles. The van der Waals surface area contributed by atoms with Crippen LogP contribution in [0, 0.1) is 10.1 Å². The molecule has 29 heavy (non-hydrogen) atoms. The molecule has 8 heteroatoms. The molecule has 1 heterocycles. The highest BCUT2D eigenvalue weighted by atomic mass is 35.5. The van der Waals surface area contributed by atoms with E-state index >= 15 is 0 Å². The van der Waals surface area contributed by atoms with Gasteiger partial charge in [0.1, 0.15) is 10.8 Å². The number of nitrogens with zero attached hydrogens (tertiary/aromatic N) is 2. The van der Waals surface area contributed by atoms with Gasteiger partial charge >= 0.3 is 0 Å². The number of carbonyl (C=O) groups excluding carboxylic acids is 1. The molecule has 1 aliphatic heterocycles. The van der Waals surface area contributed by atoms with Crippen LogP contribution >= 0.6 is 11.6 Å². The molecule has 0 radical (unpaired) electrons. The molecule has 1 N–H and O–H groups in total. The Morgan fingerprint density at radius 3 is 2.55 bits per heavy atom. The highest BCUT2D eigenvalue weighted by Gasteiger charge is 2.20. The van der Waals surface area contributed by atoms with Crippen molar-refractivity contribution in [3.8, 4) is 5.75 Å². The summed E-state index contributed by atoms with van der Waals surface area (Å²) < 4.78 is 5.18. The van der Waals surface area contributed by atoms with Crippen LogP contribution in [0.2, 0.25) is 5.02 Å². The van der Waals surface area contributed by atoms with E-state index in [-0.39, 0.29) is 22.7 Å². The Kier molecular flexibility index (Phi) is 6.72. The summed E-state index contributed by atoms with van der Waals surface area (Å²) in [4.78, 5) is 24.9. The smallest absolute Gasteiger partial charge is 0.288 e. The van der Waals surface area contributed by atoms with Crippen molar-refractivity contribution in [3.05, 3.63) is 69.2 Å². The maximum absolute atomic E-state index is 12.2. The second kappa shape index (κ2) is 9.43. The number of nitro groups is 1.